The molecule has 1 aliphatic heterocycles. The van der Waals surface area contributed by atoms with Gasteiger partial charge in [-0.1, -0.05) is 13.0 Å². The maximum Gasteiger partial charge on any atom is 0.223 e. The van der Waals surface area contributed by atoms with Crippen molar-refractivity contribution in [2.75, 3.05) is 26.4 Å². The summed E-state index contributed by atoms with van der Waals surface area (Å²) in [6, 6.07) is 6.07. The van der Waals surface area contributed by atoms with Crippen LogP contribution in [0, 0.1) is 19.3 Å². The molecule has 0 spiro atoms. The molecular weight excluding hydrogens is 254 g/mol. The maximum atomic E-state index is 11.7. The van der Waals surface area contributed by atoms with E-state index in [-0.39, 0.29) is 11.3 Å². The molecule has 0 atom stereocenters. The Hall–Kier alpha value is -1.55. The molecule has 1 fully saturated rings. The number of nitrogens with one attached hydrogen (secondary N) is 1. The molecule has 110 valence electrons. The normalized spacial score (nSPS) is 16.4. The molecule has 0 radical (unpaired) electrons. The van der Waals surface area contributed by atoms with E-state index in [0.29, 0.717) is 19.6 Å². The van der Waals surface area contributed by atoms with Gasteiger partial charge in [0.15, 0.2) is 0 Å². The van der Waals surface area contributed by atoms with Gasteiger partial charge in [0, 0.05) is 12.0 Å². The van der Waals surface area contributed by atoms with E-state index in [0.717, 1.165) is 19.0 Å². The second kappa shape index (κ2) is 6.27. The zero-order valence-corrected chi connectivity index (χ0v) is 12.5. The Labute approximate surface area is 120 Å². The van der Waals surface area contributed by atoms with Gasteiger partial charge in [-0.3, -0.25) is 4.79 Å². The summed E-state index contributed by atoms with van der Waals surface area (Å²) in [5.74, 6) is 0.858. The molecule has 2 rings (SSSR count). The van der Waals surface area contributed by atoms with E-state index in [1.165, 1.54) is 11.1 Å². The van der Waals surface area contributed by atoms with Gasteiger partial charge in [0.2, 0.25) is 5.91 Å². The van der Waals surface area contributed by atoms with Crippen molar-refractivity contribution in [1.82, 2.24) is 5.32 Å². The summed E-state index contributed by atoms with van der Waals surface area (Å²) in [4.78, 5) is 11.7. The van der Waals surface area contributed by atoms with Crippen molar-refractivity contribution in [1.29, 1.82) is 0 Å². The van der Waals surface area contributed by atoms with Crippen LogP contribution in [0.2, 0.25) is 0 Å². The van der Waals surface area contributed by atoms with Crippen LogP contribution in [0.25, 0.3) is 0 Å². The number of amides is 1. The first-order valence-corrected chi connectivity index (χ1v) is 7.02. The molecule has 0 saturated carbocycles. The van der Waals surface area contributed by atoms with Crippen molar-refractivity contribution in [2.24, 2.45) is 5.41 Å². The lowest BCUT2D eigenvalue weighted by atomic mass is 9.89. The summed E-state index contributed by atoms with van der Waals surface area (Å²) < 4.78 is 10.8. The Bertz CT molecular complexity index is 460. The van der Waals surface area contributed by atoms with Crippen molar-refractivity contribution in [3.63, 3.8) is 0 Å². The third kappa shape index (κ3) is 4.23. The van der Waals surface area contributed by atoms with Crippen LogP contribution >= 0.6 is 0 Å². The molecule has 1 saturated heterocycles. The van der Waals surface area contributed by atoms with Gasteiger partial charge < -0.3 is 14.8 Å². The van der Waals surface area contributed by atoms with Crippen LogP contribution < -0.4 is 10.1 Å². The smallest absolute Gasteiger partial charge is 0.223 e. The minimum Gasteiger partial charge on any atom is -0.493 e. The van der Waals surface area contributed by atoms with Gasteiger partial charge in [0.1, 0.15) is 5.75 Å². The largest absolute Gasteiger partial charge is 0.493 e. The lowest BCUT2D eigenvalue weighted by Gasteiger charge is -2.38. The number of aryl methyl sites for hydroxylation is 2. The molecular formula is C16H23NO3. The molecule has 1 amide bonds. The first-order chi connectivity index (χ1) is 9.47. The van der Waals surface area contributed by atoms with E-state index in [1.54, 1.807) is 0 Å². The number of carbonyl (C=O) groups excluding carboxylic acids is 1. The quantitative estimate of drug-likeness (QED) is 0.867. The van der Waals surface area contributed by atoms with Gasteiger partial charge in [0.25, 0.3) is 0 Å². The number of hydrogen-bond donors (Lipinski definition) is 1. The fourth-order valence-corrected chi connectivity index (χ4v) is 2.23. The van der Waals surface area contributed by atoms with Gasteiger partial charge >= 0.3 is 0 Å². The molecule has 1 aromatic rings. The number of rotatable bonds is 6. The highest BCUT2D eigenvalue weighted by molar-refractivity contribution is 5.76. The van der Waals surface area contributed by atoms with Crippen molar-refractivity contribution in [2.45, 2.75) is 27.2 Å². The highest BCUT2D eigenvalue weighted by Crippen LogP contribution is 2.25. The first kappa shape index (κ1) is 14.9. The van der Waals surface area contributed by atoms with Crippen LogP contribution in [0.15, 0.2) is 18.2 Å². The average molecular weight is 277 g/mol. The minimum absolute atomic E-state index is 0.0301. The Kier molecular flexibility index (Phi) is 4.65. The van der Waals surface area contributed by atoms with Crippen molar-refractivity contribution in [3.8, 4) is 5.75 Å². The molecule has 20 heavy (non-hydrogen) atoms. The Morgan fingerprint density at radius 1 is 1.30 bits per heavy atom. The van der Waals surface area contributed by atoms with Gasteiger partial charge in [-0.2, -0.15) is 0 Å². The van der Waals surface area contributed by atoms with E-state index < -0.39 is 0 Å². The van der Waals surface area contributed by atoms with Crippen LogP contribution in [-0.2, 0) is 9.53 Å². The highest BCUT2D eigenvalue weighted by atomic mass is 16.5. The van der Waals surface area contributed by atoms with Gasteiger partial charge in [-0.25, -0.2) is 0 Å². The lowest BCUT2D eigenvalue weighted by Crippen LogP contribution is -2.48. The van der Waals surface area contributed by atoms with Crippen molar-refractivity contribution >= 4 is 5.91 Å². The molecule has 1 N–H and O–H groups in total. The monoisotopic (exact) mass is 277 g/mol. The summed E-state index contributed by atoms with van der Waals surface area (Å²) in [6.45, 7) is 8.72. The average Bonchev–Trinajstić information content (AvgIpc) is 2.33. The second-order valence-corrected chi connectivity index (χ2v) is 6.00. The number of carbonyl (C=O) groups is 1. The summed E-state index contributed by atoms with van der Waals surface area (Å²) in [5.41, 5.74) is 2.45. The molecule has 0 unspecified atom stereocenters. The topological polar surface area (TPSA) is 47.6 Å². The first-order valence-electron chi connectivity index (χ1n) is 7.02. The SMILES string of the molecule is Cc1cc(C)cc(OCCC(=O)NCC2(C)COC2)c1. The lowest BCUT2D eigenvalue weighted by molar-refractivity contribution is -0.127. The molecule has 0 aliphatic carbocycles. The number of ether oxygens (including phenoxy) is 2. The standard InChI is InChI=1S/C16H23NO3/c1-12-6-13(2)8-14(7-12)20-5-4-15(18)17-9-16(3)10-19-11-16/h6-8H,4-5,9-11H2,1-3H3,(H,17,18). The molecule has 1 aliphatic rings. The zero-order valence-electron chi connectivity index (χ0n) is 12.5. The maximum absolute atomic E-state index is 11.7. The van der Waals surface area contributed by atoms with Crippen LogP contribution in [0.5, 0.6) is 5.75 Å². The molecule has 4 nitrogen and oxygen atoms in total. The van der Waals surface area contributed by atoms with E-state index in [1.807, 2.05) is 26.0 Å². The van der Waals surface area contributed by atoms with Crippen molar-refractivity contribution in [3.05, 3.63) is 29.3 Å². The van der Waals surface area contributed by atoms with Gasteiger partial charge in [0.05, 0.1) is 26.2 Å². The molecule has 1 aromatic carbocycles. The van der Waals surface area contributed by atoms with E-state index >= 15 is 0 Å². The molecule has 0 bridgehead atoms. The molecule has 0 aromatic heterocycles. The van der Waals surface area contributed by atoms with E-state index in [2.05, 4.69) is 18.3 Å². The Morgan fingerprint density at radius 3 is 2.50 bits per heavy atom. The Morgan fingerprint density at radius 2 is 1.95 bits per heavy atom. The van der Waals surface area contributed by atoms with Gasteiger partial charge in [-0.05, 0) is 37.1 Å². The fraction of sp³-hybridized carbons (Fsp3) is 0.562. The summed E-state index contributed by atoms with van der Waals surface area (Å²) >= 11 is 0. The van der Waals surface area contributed by atoms with Crippen LogP contribution in [0.3, 0.4) is 0 Å². The van der Waals surface area contributed by atoms with Crippen LogP contribution in [0.4, 0.5) is 0 Å². The molecule has 4 heteroatoms. The van der Waals surface area contributed by atoms with Crippen LogP contribution in [0.1, 0.15) is 24.5 Å². The van der Waals surface area contributed by atoms with Gasteiger partial charge in [-0.15, -0.1) is 0 Å². The minimum atomic E-state index is 0.0301. The summed E-state index contributed by atoms with van der Waals surface area (Å²) in [5, 5.41) is 2.94. The molecule has 1 heterocycles. The second-order valence-electron chi connectivity index (χ2n) is 6.00. The van der Waals surface area contributed by atoms with Crippen LogP contribution in [-0.4, -0.2) is 32.3 Å². The number of benzene rings is 1. The Balaban J connectivity index is 1.68. The van der Waals surface area contributed by atoms with Crippen molar-refractivity contribution < 1.29 is 14.3 Å². The third-order valence-electron chi connectivity index (χ3n) is 3.41. The number of hydrogen-bond acceptors (Lipinski definition) is 3. The van der Waals surface area contributed by atoms with E-state index in [9.17, 15) is 4.79 Å². The fourth-order valence-electron chi connectivity index (χ4n) is 2.23. The zero-order chi connectivity index (χ0) is 14.6. The predicted octanol–water partition coefficient (Wildman–Crippen LogP) is 2.23. The predicted molar refractivity (Wildman–Crippen MR) is 78.0 cm³/mol. The van der Waals surface area contributed by atoms with E-state index in [4.69, 9.17) is 9.47 Å². The third-order valence-corrected chi connectivity index (χ3v) is 3.41. The highest BCUT2D eigenvalue weighted by Gasteiger charge is 2.33. The summed E-state index contributed by atoms with van der Waals surface area (Å²) in [6.07, 6.45) is 0.379. The summed E-state index contributed by atoms with van der Waals surface area (Å²) in [7, 11) is 0.